The van der Waals surface area contributed by atoms with Crippen LogP contribution in [0.1, 0.15) is 0 Å². The second kappa shape index (κ2) is 6.32. The zero-order chi connectivity index (χ0) is 18.0. The maximum Gasteiger partial charge on any atom is 0.289 e. The zero-order valence-corrected chi connectivity index (χ0v) is 13.8. The van der Waals surface area contributed by atoms with Crippen LogP contribution in [0, 0.1) is 10.1 Å². The van der Waals surface area contributed by atoms with Crippen molar-refractivity contribution in [3.05, 3.63) is 65.0 Å². The first-order valence-corrected chi connectivity index (χ1v) is 8.57. The van der Waals surface area contributed by atoms with Gasteiger partial charge < -0.3 is 4.57 Å². The summed E-state index contributed by atoms with van der Waals surface area (Å²) in [6, 6.07) is 11.6. The molecule has 0 saturated carbocycles. The minimum absolute atomic E-state index is 0.282. The van der Waals surface area contributed by atoms with Crippen LogP contribution in [0.15, 0.2) is 59.8 Å². The summed E-state index contributed by atoms with van der Waals surface area (Å²) in [7, 11) is -2.30. The number of benzene rings is 2. The molecule has 0 atom stereocenters. The van der Waals surface area contributed by atoms with Crippen molar-refractivity contribution < 1.29 is 13.3 Å². The Bertz CT molecular complexity index is 1030. The van der Waals surface area contributed by atoms with E-state index < -0.39 is 25.5 Å². The van der Waals surface area contributed by atoms with Crippen LogP contribution in [0.25, 0.3) is 11.4 Å². The minimum Gasteiger partial charge on any atom is -0.317 e. The highest BCUT2D eigenvalue weighted by molar-refractivity contribution is 7.92. The van der Waals surface area contributed by atoms with E-state index in [4.69, 9.17) is 0 Å². The fourth-order valence-corrected chi connectivity index (χ4v) is 3.51. The van der Waals surface area contributed by atoms with Crippen LogP contribution in [-0.2, 0) is 17.1 Å². The van der Waals surface area contributed by atoms with Gasteiger partial charge in [0.05, 0.1) is 4.92 Å². The van der Waals surface area contributed by atoms with Crippen molar-refractivity contribution in [2.75, 3.05) is 4.72 Å². The fourth-order valence-electron chi connectivity index (χ4n) is 2.28. The van der Waals surface area contributed by atoms with E-state index in [1.54, 1.807) is 42.2 Å². The lowest BCUT2D eigenvalue weighted by molar-refractivity contribution is -0.387. The van der Waals surface area contributed by atoms with Gasteiger partial charge in [0.1, 0.15) is 6.33 Å². The van der Waals surface area contributed by atoms with Crippen LogP contribution in [0.3, 0.4) is 0 Å². The van der Waals surface area contributed by atoms with E-state index >= 15 is 0 Å². The van der Waals surface area contributed by atoms with Crippen molar-refractivity contribution in [1.82, 2.24) is 14.8 Å². The number of nitro groups is 1. The summed E-state index contributed by atoms with van der Waals surface area (Å²) >= 11 is 0. The molecular formula is C15H13N5O4S. The monoisotopic (exact) mass is 359 g/mol. The van der Waals surface area contributed by atoms with Crippen LogP contribution in [0.5, 0.6) is 0 Å². The molecule has 9 nitrogen and oxygen atoms in total. The number of nitrogens with zero attached hydrogens (tertiary/aromatic N) is 4. The van der Waals surface area contributed by atoms with E-state index in [9.17, 15) is 18.5 Å². The van der Waals surface area contributed by atoms with Gasteiger partial charge in [-0.05, 0) is 30.3 Å². The smallest absolute Gasteiger partial charge is 0.289 e. The molecule has 0 aliphatic rings. The number of hydrogen-bond donors (Lipinski definition) is 1. The summed E-state index contributed by atoms with van der Waals surface area (Å²) < 4.78 is 29.0. The van der Waals surface area contributed by atoms with Gasteiger partial charge >= 0.3 is 0 Å². The number of sulfonamides is 1. The van der Waals surface area contributed by atoms with Gasteiger partial charge in [0, 0.05) is 24.4 Å². The standard InChI is InChI=1S/C15H13N5O4S/c1-19-10-16-17-15(19)11-6-8-12(9-7-11)18-25(23,24)14-5-3-2-4-13(14)20(21)22/h2-10,18H,1H3. The Morgan fingerprint density at radius 2 is 1.80 bits per heavy atom. The highest BCUT2D eigenvalue weighted by Gasteiger charge is 2.25. The number of nitrogens with one attached hydrogen (secondary N) is 1. The number of aromatic nitrogens is 3. The highest BCUT2D eigenvalue weighted by Crippen LogP contribution is 2.26. The summed E-state index contributed by atoms with van der Waals surface area (Å²) in [6.07, 6.45) is 1.56. The predicted molar refractivity (Wildman–Crippen MR) is 90.3 cm³/mol. The van der Waals surface area contributed by atoms with E-state index in [1.807, 2.05) is 0 Å². The fraction of sp³-hybridized carbons (Fsp3) is 0.0667. The van der Waals surface area contributed by atoms with Crippen LogP contribution >= 0.6 is 0 Å². The third kappa shape index (κ3) is 3.33. The summed E-state index contributed by atoms with van der Waals surface area (Å²) in [6.45, 7) is 0. The molecule has 0 unspecified atom stereocenters. The third-order valence-electron chi connectivity index (χ3n) is 3.46. The first kappa shape index (κ1) is 16.6. The SMILES string of the molecule is Cn1cnnc1-c1ccc(NS(=O)(=O)c2ccccc2[N+](=O)[O-])cc1. The van der Waals surface area contributed by atoms with Gasteiger partial charge in [0.15, 0.2) is 10.7 Å². The predicted octanol–water partition coefficient (Wildman–Crippen LogP) is 2.19. The summed E-state index contributed by atoms with van der Waals surface area (Å²) in [5.74, 6) is 0.633. The molecule has 0 radical (unpaired) electrons. The molecule has 25 heavy (non-hydrogen) atoms. The molecule has 1 N–H and O–H groups in total. The molecule has 0 aliphatic carbocycles. The number of rotatable bonds is 5. The van der Waals surface area contributed by atoms with Gasteiger partial charge in [-0.25, -0.2) is 8.42 Å². The molecule has 128 valence electrons. The molecule has 0 fully saturated rings. The maximum atomic E-state index is 12.5. The number of anilines is 1. The Hall–Kier alpha value is -3.27. The van der Waals surface area contributed by atoms with Crippen molar-refractivity contribution >= 4 is 21.4 Å². The summed E-state index contributed by atoms with van der Waals surface area (Å²) in [5, 5.41) is 18.8. The highest BCUT2D eigenvalue weighted by atomic mass is 32.2. The molecule has 3 aromatic rings. The molecular weight excluding hydrogens is 346 g/mol. The second-order valence-electron chi connectivity index (χ2n) is 5.17. The Morgan fingerprint density at radius 3 is 2.40 bits per heavy atom. The maximum absolute atomic E-state index is 12.5. The molecule has 0 spiro atoms. The van der Waals surface area contributed by atoms with Gasteiger partial charge in [0.25, 0.3) is 15.7 Å². The van der Waals surface area contributed by atoms with Gasteiger partial charge in [-0.2, -0.15) is 0 Å². The molecule has 0 amide bonds. The van der Waals surface area contributed by atoms with Crippen LogP contribution in [-0.4, -0.2) is 28.1 Å². The number of hydrogen-bond acceptors (Lipinski definition) is 6. The second-order valence-corrected chi connectivity index (χ2v) is 6.82. The van der Waals surface area contributed by atoms with E-state index in [2.05, 4.69) is 14.9 Å². The van der Waals surface area contributed by atoms with Crippen LogP contribution in [0.4, 0.5) is 11.4 Å². The van der Waals surface area contributed by atoms with E-state index in [0.717, 1.165) is 11.6 Å². The van der Waals surface area contributed by atoms with Gasteiger partial charge in [0.2, 0.25) is 0 Å². The lowest BCUT2D eigenvalue weighted by Gasteiger charge is -2.09. The largest absolute Gasteiger partial charge is 0.317 e. The molecule has 0 saturated heterocycles. The Balaban J connectivity index is 1.90. The van der Waals surface area contributed by atoms with E-state index in [-0.39, 0.29) is 5.69 Å². The summed E-state index contributed by atoms with van der Waals surface area (Å²) in [4.78, 5) is 9.91. The van der Waals surface area contributed by atoms with Gasteiger partial charge in [-0.3, -0.25) is 14.8 Å². The summed E-state index contributed by atoms with van der Waals surface area (Å²) in [5.41, 5.74) is 0.559. The molecule has 1 heterocycles. The minimum atomic E-state index is -4.09. The quantitative estimate of drug-likeness (QED) is 0.551. The lowest BCUT2D eigenvalue weighted by atomic mass is 10.2. The Kier molecular flexibility index (Phi) is 4.19. The topological polar surface area (TPSA) is 120 Å². The van der Waals surface area contributed by atoms with Crippen LogP contribution in [0.2, 0.25) is 0 Å². The first-order valence-electron chi connectivity index (χ1n) is 7.09. The normalized spacial score (nSPS) is 11.2. The van der Waals surface area contributed by atoms with Crippen LogP contribution < -0.4 is 4.72 Å². The zero-order valence-electron chi connectivity index (χ0n) is 13.0. The Labute approximate surface area is 143 Å². The van der Waals surface area contributed by atoms with Gasteiger partial charge in [-0.1, -0.05) is 12.1 Å². The molecule has 3 rings (SSSR count). The third-order valence-corrected chi connectivity index (χ3v) is 4.89. The molecule has 0 bridgehead atoms. The number of aryl methyl sites for hydroxylation is 1. The Morgan fingerprint density at radius 1 is 1.12 bits per heavy atom. The van der Waals surface area contributed by atoms with Gasteiger partial charge in [-0.15, -0.1) is 10.2 Å². The van der Waals surface area contributed by atoms with E-state index in [0.29, 0.717) is 5.82 Å². The van der Waals surface area contributed by atoms with Crippen molar-refractivity contribution in [2.24, 2.45) is 7.05 Å². The van der Waals surface area contributed by atoms with Crippen molar-refractivity contribution in [2.45, 2.75) is 4.90 Å². The molecule has 0 aliphatic heterocycles. The average molecular weight is 359 g/mol. The molecule has 2 aromatic carbocycles. The number of para-hydroxylation sites is 1. The van der Waals surface area contributed by atoms with Crippen molar-refractivity contribution in [3.63, 3.8) is 0 Å². The van der Waals surface area contributed by atoms with Crippen molar-refractivity contribution in [3.8, 4) is 11.4 Å². The van der Waals surface area contributed by atoms with Crippen molar-refractivity contribution in [1.29, 1.82) is 0 Å². The molecule has 1 aromatic heterocycles. The number of nitro benzene ring substituents is 1. The first-order chi connectivity index (χ1) is 11.9. The molecule has 10 heteroatoms. The lowest BCUT2D eigenvalue weighted by Crippen LogP contribution is -2.14. The van der Waals surface area contributed by atoms with E-state index in [1.165, 1.54) is 18.2 Å². The average Bonchev–Trinajstić information content (AvgIpc) is 3.01.